The average molecular weight is 476 g/mol. The SMILES string of the molecule is Cc1cc(Cl)ccc1NC(=O)C1CCCN(S(=O)(=O)Cc2ccc(Cl)cc2Cl)C1. The van der Waals surface area contributed by atoms with Crippen LogP contribution in [0.2, 0.25) is 15.1 Å². The molecule has 1 heterocycles. The summed E-state index contributed by atoms with van der Waals surface area (Å²) in [5.41, 5.74) is 2.01. The highest BCUT2D eigenvalue weighted by molar-refractivity contribution is 7.88. The topological polar surface area (TPSA) is 66.5 Å². The van der Waals surface area contributed by atoms with Gasteiger partial charge in [-0.15, -0.1) is 0 Å². The molecule has 2 aromatic rings. The molecule has 156 valence electrons. The van der Waals surface area contributed by atoms with Gasteiger partial charge in [0.1, 0.15) is 0 Å². The molecule has 0 aliphatic carbocycles. The fraction of sp³-hybridized carbons (Fsp3) is 0.350. The second kappa shape index (κ2) is 9.23. The molecular formula is C20H21Cl3N2O3S. The summed E-state index contributed by atoms with van der Waals surface area (Å²) in [5, 5.41) is 4.24. The van der Waals surface area contributed by atoms with Gasteiger partial charge in [-0.3, -0.25) is 4.79 Å². The number of nitrogens with zero attached hydrogens (tertiary/aromatic N) is 1. The number of hydrogen-bond acceptors (Lipinski definition) is 3. The minimum Gasteiger partial charge on any atom is -0.326 e. The zero-order valence-electron chi connectivity index (χ0n) is 15.8. The maximum Gasteiger partial charge on any atom is 0.228 e. The van der Waals surface area contributed by atoms with E-state index < -0.39 is 15.9 Å². The lowest BCUT2D eigenvalue weighted by Crippen LogP contribution is -2.44. The molecule has 2 aromatic carbocycles. The monoisotopic (exact) mass is 474 g/mol. The zero-order chi connectivity index (χ0) is 21.2. The van der Waals surface area contributed by atoms with Gasteiger partial charge >= 0.3 is 0 Å². The van der Waals surface area contributed by atoms with Crippen molar-refractivity contribution in [2.24, 2.45) is 5.92 Å². The quantitative estimate of drug-likeness (QED) is 0.651. The fourth-order valence-electron chi connectivity index (χ4n) is 3.34. The predicted molar refractivity (Wildman–Crippen MR) is 118 cm³/mol. The summed E-state index contributed by atoms with van der Waals surface area (Å²) in [6.07, 6.45) is 1.25. The van der Waals surface area contributed by atoms with Crippen LogP contribution in [0, 0.1) is 12.8 Å². The van der Waals surface area contributed by atoms with Gasteiger partial charge in [0.05, 0.1) is 11.7 Å². The third-order valence-electron chi connectivity index (χ3n) is 4.95. The van der Waals surface area contributed by atoms with E-state index in [0.29, 0.717) is 45.7 Å². The van der Waals surface area contributed by atoms with Gasteiger partial charge in [-0.2, -0.15) is 0 Å². The maximum atomic E-state index is 12.9. The molecule has 1 atom stereocenters. The van der Waals surface area contributed by atoms with E-state index in [-0.39, 0.29) is 18.2 Å². The molecule has 5 nitrogen and oxygen atoms in total. The van der Waals surface area contributed by atoms with E-state index in [1.54, 1.807) is 30.3 Å². The Balaban J connectivity index is 1.69. The van der Waals surface area contributed by atoms with Gasteiger partial charge in [-0.25, -0.2) is 12.7 Å². The second-order valence-electron chi connectivity index (χ2n) is 7.14. The molecule has 9 heteroatoms. The zero-order valence-corrected chi connectivity index (χ0v) is 18.9. The van der Waals surface area contributed by atoms with Crippen LogP contribution in [0.5, 0.6) is 0 Å². The van der Waals surface area contributed by atoms with Crippen molar-refractivity contribution in [3.8, 4) is 0 Å². The summed E-state index contributed by atoms with van der Waals surface area (Å²) >= 11 is 18.0. The number of hydrogen-bond donors (Lipinski definition) is 1. The molecule has 1 aliphatic rings. The summed E-state index contributed by atoms with van der Waals surface area (Å²) in [7, 11) is -3.62. The van der Waals surface area contributed by atoms with E-state index in [9.17, 15) is 13.2 Å². The molecule has 1 aliphatic heterocycles. The smallest absolute Gasteiger partial charge is 0.228 e. The molecule has 1 N–H and O–H groups in total. The highest BCUT2D eigenvalue weighted by Gasteiger charge is 2.33. The molecule has 1 amide bonds. The second-order valence-corrected chi connectivity index (χ2v) is 10.4. The number of nitrogens with one attached hydrogen (secondary N) is 1. The third-order valence-corrected chi connectivity index (χ3v) is 7.56. The largest absolute Gasteiger partial charge is 0.326 e. The van der Waals surface area contributed by atoms with E-state index in [2.05, 4.69) is 5.32 Å². The molecule has 1 unspecified atom stereocenters. The van der Waals surface area contributed by atoms with Crippen LogP contribution in [-0.4, -0.2) is 31.7 Å². The molecular weight excluding hydrogens is 455 g/mol. The van der Waals surface area contributed by atoms with Crippen LogP contribution >= 0.6 is 34.8 Å². The van der Waals surface area contributed by atoms with E-state index in [4.69, 9.17) is 34.8 Å². The fourth-order valence-corrected chi connectivity index (χ4v) is 5.76. The summed E-state index contributed by atoms with van der Waals surface area (Å²) in [6.45, 7) is 2.39. The van der Waals surface area contributed by atoms with E-state index in [1.165, 1.54) is 10.4 Å². The lowest BCUT2D eigenvalue weighted by atomic mass is 9.98. The summed E-state index contributed by atoms with van der Waals surface area (Å²) in [4.78, 5) is 12.7. The van der Waals surface area contributed by atoms with Crippen molar-refractivity contribution in [3.63, 3.8) is 0 Å². The first kappa shape index (κ1) is 22.4. The van der Waals surface area contributed by atoms with Crippen LogP contribution in [0.25, 0.3) is 0 Å². The summed E-state index contributed by atoms with van der Waals surface area (Å²) in [5.74, 6) is -0.845. The minimum atomic E-state index is -3.62. The summed E-state index contributed by atoms with van der Waals surface area (Å²) in [6, 6.07) is 9.96. The molecule has 29 heavy (non-hydrogen) atoms. The average Bonchev–Trinajstić information content (AvgIpc) is 2.66. The maximum absolute atomic E-state index is 12.9. The highest BCUT2D eigenvalue weighted by Crippen LogP contribution is 2.27. The van der Waals surface area contributed by atoms with Crippen LogP contribution in [0.4, 0.5) is 5.69 Å². The molecule has 1 saturated heterocycles. The van der Waals surface area contributed by atoms with Crippen LogP contribution in [-0.2, 0) is 20.6 Å². The Morgan fingerprint density at radius 3 is 2.52 bits per heavy atom. The standard InChI is InChI=1S/C20H21Cl3N2O3S/c1-13-9-16(21)6-7-19(13)24-20(26)14-3-2-8-25(11-14)29(27,28)12-15-4-5-17(22)10-18(15)23/h4-7,9-10,14H,2-3,8,11-12H2,1H3,(H,24,26). The van der Waals surface area contributed by atoms with Gasteiger partial charge < -0.3 is 5.32 Å². The summed E-state index contributed by atoms with van der Waals surface area (Å²) < 4.78 is 27.2. The predicted octanol–water partition coefficient (Wildman–Crippen LogP) is 5.14. The van der Waals surface area contributed by atoms with Gasteiger partial charge in [0, 0.05) is 33.8 Å². The number of rotatable bonds is 5. The van der Waals surface area contributed by atoms with Crippen molar-refractivity contribution in [2.45, 2.75) is 25.5 Å². The Kier molecular flexibility index (Phi) is 7.12. The molecule has 1 fully saturated rings. The van der Waals surface area contributed by atoms with Gasteiger partial charge in [-0.1, -0.05) is 40.9 Å². The van der Waals surface area contributed by atoms with Crippen molar-refractivity contribution in [3.05, 3.63) is 62.6 Å². The Hall–Kier alpha value is -1.31. The molecule has 3 rings (SSSR count). The Morgan fingerprint density at radius 1 is 1.14 bits per heavy atom. The van der Waals surface area contributed by atoms with Crippen molar-refractivity contribution in [1.82, 2.24) is 4.31 Å². The number of aryl methyl sites for hydroxylation is 1. The first-order valence-electron chi connectivity index (χ1n) is 9.14. The number of benzene rings is 2. The van der Waals surface area contributed by atoms with Crippen LogP contribution in [0.3, 0.4) is 0 Å². The van der Waals surface area contributed by atoms with Gasteiger partial charge in [0.2, 0.25) is 15.9 Å². The van der Waals surface area contributed by atoms with E-state index >= 15 is 0 Å². The number of piperidine rings is 1. The molecule has 0 radical (unpaired) electrons. The Morgan fingerprint density at radius 2 is 1.83 bits per heavy atom. The van der Waals surface area contributed by atoms with Gasteiger partial charge in [0.15, 0.2) is 0 Å². The number of carbonyl (C=O) groups excluding carboxylic acids is 1. The molecule has 0 saturated carbocycles. The lowest BCUT2D eigenvalue weighted by molar-refractivity contribution is -0.120. The first-order valence-corrected chi connectivity index (χ1v) is 11.9. The third kappa shape index (κ3) is 5.64. The first-order chi connectivity index (χ1) is 13.7. The van der Waals surface area contributed by atoms with Crippen molar-refractivity contribution < 1.29 is 13.2 Å². The van der Waals surface area contributed by atoms with Gasteiger partial charge in [-0.05, 0) is 61.2 Å². The molecule has 0 bridgehead atoms. The Bertz CT molecular complexity index is 1030. The van der Waals surface area contributed by atoms with Crippen molar-refractivity contribution in [1.29, 1.82) is 0 Å². The van der Waals surface area contributed by atoms with Crippen molar-refractivity contribution >= 4 is 56.4 Å². The number of halogens is 3. The Labute approximate surface area is 186 Å². The number of carbonyl (C=O) groups is 1. The lowest BCUT2D eigenvalue weighted by Gasteiger charge is -2.31. The number of sulfonamides is 1. The number of anilines is 1. The number of amides is 1. The normalized spacial score (nSPS) is 17.9. The highest BCUT2D eigenvalue weighted by atomic mass is 35.5. The minimum absolute atomic E-state index is 0.145. The van der Waals surface area contributed by atoms with Gasteiger partial charge in [0.25, 0.3) is 0 Å². The van der Waals surface area contributed by atoms with Crippen LogP contribution < -0.4 is 5.32 Å². The molecule has 0 spiro atoms. The van der Waals surface area contributed by atoms with Crippen LogP contribution in [0.1, 0.15) is 24.0 Å². The van der Waals surface area contributed by atoms with E-state index in [1.807, 2.05) is 6.92 Å². The molecule has 0 aromatic heterocycles. The van der Waals surface area contributed by atoms with Crippen molar-refractivity contribution in [2.75, 3.05) is 18.4 Å². The van der Waals surface area contributed by atoms with Crippen LogP contribution in [0.15, 0.2) is 36.4 Å². The van der Waals surface area contributed by atoms with E-state index in [0.717, 1.165) is 5.56 Å².